The van der Waals surface area contributed by atoms with Crippen LogP contribution in [0.3, 0.4) is 0 Å². The molecule has 0 bridgehead atoms. The summed E-state index contributed by atoms with van der Waals surface area (Å²) in [6.07, 6.45) is 1.69. The Hall–Kier alpha value is -2.37. The van der Waals surface area contributed by atoms with Crippen LogP contribution in [0.15, 0.2) is 24.4 Å². The van der Waals surface area contributed by atoms with Crippen molar-refractivity contribution in [3.05, 3.63) is 41.3 Å². The van der Waals surface area contributed by atoms with E-state index in [4.69, 9.17) is 10.5 Å². The summed E-state index contributed by atoms with van der Waals surface area (Å²) < 4.78 is 7.17. The second-order valence-corrected chi connectivity index (χ2v) is 4.30. The fraction of sp³-hybridized carbons (Fsp3) is 0.308. The number of nitrogens with zero attached hydrogens (tertiary/aromatic N) is 3. The second kappa shape index (κ2) is 5.51. The lowest BCUT2D eigenvalue weighted by atomic mass is 10.2. The molecule has 0 aliphatic rings. The van der Waals surface area contributed by atoms with Crippen LogP contribution in [0, 0.1) is 13.8 Å². The van der Waals surface area contributed by atoms with Gasteiger partial charge in [0.1, 0.15) is 12.3 Å². The Morgan fingerprint density at radius 1 is 1.42 bits per heavy atom. The van der Waals surface area contributed by atoms with Crippen molar-refractivity contribution < 1.29 is 9.53 Å². The molecule has 6 nitrogen and oxygen atoms in total. The van der Waals surface area contributed by atoms with Crippen LogP contribution < -0.4 is 10.5 Å². The summed E-state index contributed by atoms with van der Waals surface area (Å²) in [5.41, 5.74) is 7.41. The highest BCUT2D eigenvalue weighted by Gasteiger charge is 2.04. The molecule has 2 aromatic rings. The molecular weight excluding hydrogens is 244 g/mol. The third-order valence-corrected chi connectivity index (χ3v) is 2.54. The number of pyridine rings is 1. The first-order chi connectivity index (χ1) is 9.04. The standard InChI is InChI=1S/C13H16N4O2/c1-9-7-10(2)15-12(8-9)19-6-5-17-4-3-11(16-17)13(14)18/h3-4,7-8H,5-6H2,1-2H3,(H2,14,18). The van der Waals surface area contributed by atoms with Gasteiger partial charge >= 0.3 is 0 Å². The van der Waals surface area contributed by atoms with Crippen LogP contribution in [0.5, 0.6) is 5.88 Å². The van der Waals surface area contributed by atoms with Gasteiger partial charge in [0.05, 0.1) is 6.54 Å². The lowest BCUT2D eigenvalue weighted by molar-refractivity contribution is 0.0994. The fourth-order valence-electron chi connectivity index (χ4n) is 1.74. The Bertz CT molecular complexity index is 572. The number of aromatic nitrogens is 3. The summed E-state index contributed by atoms with van der Waals surface area (Å²) in [5.74, 6) is 0.0652. The molecule has 2 heterocycles. The van der Waals surface area contributed by atoms with Gasteiger partial charge in [-0.1, -0.05) is 0 Å². The number of hydrogen-bond donors (Lipinski definition) is 1. The van der Waals surface area contributed by atoms with Crippen LogP contribution in [0.4, 0.5) is 0 Å². The molecule has 0 aliphatic heterocycles. The third kappa shape index (κ3) is 3.54. The number of hydrogen-bond acceptors (Lipinski definition) is 4. The lowest BCUT2D eigenvalue weighted by Gasteiger charge is -2.07. The Kier molecular flexibility index (Phi) is 3.79. The first-order valence-electron chi connectivity index (χ1n) is 5.96. The molecule has 0 saturated heterocycles. The van der Waals surface area contributed by atoms with E-state index in [1.165, 1.54) is 0 Å². The topological polar surface area (TPSA) is 83.0 Å². The van der Waals surface area contributed by atoms with E-state index >= 15 is 0 Å². The van der Waals surface area contributed by atoms with Gasteiger partial charge in [0, 0.05) is 18.0 Å². The van der Waals surface area contributed by atoms with Crippen molar-refractivity contribution in [1.29, 1.82) is 0 Å². The molecule has 0 unspecified atom stereocenters. The molecule has 0 atom stereocenters. The van der Waals surface area contributed by atoms with E-state index in [1.807, 2.05) is 26.0 Å². The normalized spacial score (nSPS) is 10.4. The first kappa shape index (κ1) is 13.1. The van der Waals surface area contributed by atoms with Crippen LogP contribution in [-0.2, 0) is 6.54 Å². The van der Waals surface area contributed by atoms with E-state index in [0.717, 1.165) is 11.3 Å². The van der Waals surface area contributed by atoms with Gasteiger partial charge < -0.3 is 10.5 Å². The van der Waals surface area contributed by atoms with E-state index < -0.39 is 5.91 Å². The molecule has 2 aromatic heterocycles. The van der Waals surface area contributed by atoms with Crippen molar-refractivity contribution >= 4 is 5.91 Å². The number of rotatable bonds is 5. The van der Waals surface area contributed by atoms with Crippen molar-refractivity contribution in [2.45, 2.75) is 20.4 Å². The maximum absolute atomic E-state index is 10.9. The van der Waals surface area contributed by atoms with Gasteiger partial charge in [-0.2, -0.15) is 5.10 Å². The molecule has 0 fully saturated rings. The highest BCUT2D eigenvalue weighted by Crippen LogP contribution is 2.11. The predicted molar refractivity (Wildman–Crippen MR) is 70.0 cm³/mol. The number of carbonyl (C=O) groups excluding carboxylic acids is 1. The van der Waals surface area contributed by atoms with Gasteiger partial charge in [-0.15, -0.1) is 0 Å². The van der Waals surface area contributed by atoms with E-state index in [2.05, 4.69) is 10.1 Å². The predicted octanol–water partition coefficient (Wildman–Crippen LogP) is 1.07. The lowest BCUT2D eigenvalue weighted by Crippen LogP contribution is -2.14. The minimum Gasteiger partial charge on any atom is -0.476 e. The maximum atomic E-state index is 10.9. The Morgan fingerprint density at radius 2 is 2.21 bits per heavy atom. The number of nitrogens with two attached hydrogens (primary N) is 1. The van der Waals surface area contributed by atoms with Crippen molar-refractivity contribution in [3.8, 4) is 5.88 Å². The van der Waals surface area contributed by atoms with E-state index in [-0.39, 0.29) is 5.69 Å². The van der Waals surface area contributed by atoms with Crippen LogP contribution >= 0.6 is 0 Å². The van der Waals surface area contributed by atoms with Crippen molar-refractivity contribution in [2.75, 3.05) is 6.61 Å². The first-order valence-corrected chi connectivity index (χ1v) is 5.96. The zero-order chi connectivity index (χ0) is 13.8. The largest absolute Gasteiger partial charge is 0.476 e. The second-order valence-electron chi connectivity index (χ2n) is 4.30. The van der Waals surface area contributed by atoms with Crippen LogP contribution in [0.2, 0.25) is 0 Å². The monoisotopic (exact) mass is 260 g/mol. The molecule has 0 radical (unpaired) electrons. The number of carbonyl (C=O) groups is 1. The molecule has 100 valence electrons. The van der Waals surface area contributed by atoms with Gasteiger partial charge in [-0.25, -0.2) is 4.98 Å². The number of aryl methyl sites for hydroxylation is 2. The van der Waals surface area contributed by atoms with E-state index in [1.54, 1.807) is 16.9 Å². The minimum absolute atomic E-state index is 0.254. The molecule has 19 heavy (non-hydrogen) atoms. The Balaban J connectivity index is 1.90. The fourth-order valence-corrected chi connectivity index (χ4v) is 1.74. The average Bonchev–Trinajstić information content (AvgIpc) is 2.76. The zero-order valence-electron chi connectivity index (χ0n) is 11.0. The Morgan fingerprint density at radius 3 is 2.84 bits per heavy atom. The molecule has 0 spiro atoms. The van der Waals surface area contributed by atoms with Gasteiger partial charge in [-0.05, 0) is 31.5 Å². The number of primary amides is 1. The zero-order valence-corrected chi connectivity index (χ0v) is 11.0. The number of amides is 1. The van der Waals surface area contributed by atoms with Crippen LogP contribution in [-0.4, -0.2) is 27.3 Å². The van der Waals surface area contributed by atoms with Gasteiger partial charge in [0.15, 0.2) is 0 Å². The van der Waals surface area contributed by atoms with Gasteiger partial charge in [0.2, 0.25) is 5.88 Å². The molecule has 6 heteroatoms. The highest BCUT2D eigenvalue weighted by atomic mass is 16.5. The summed E-state index contributed by atoms with van der Waals surface area (Å²) in [7, 11) is 0. The third-order valence-electron chi connectivity index (χ3n) is 2.54. The summed E-state index contributed by atoms with van der Waals surface area (Å²) in [4.78, 5) is 15.2. The minimum atomic E-state index is -0.532. The number of ether oxygens (including phenoxy) is 1. The van der Waals surface area contributed by atoms with Crippen LogP contribution in [0.1, 0.15) is 21.7 Å². The van der Waals surface area contributed by atoms with Crippen LogP contribution in [0.25, 0.3) is 0 Å². The molecule has 2 rings (SSSR count). The van der Waals surface area contributed by atoms with Gasteiger partial charge in [0.25, 0.3) is 5.91 Å². The summed E-state index contributed by atoms with van der Waals surface area (Å²) in [5, 5.41) is 4.02. The molecule has 0 saturated carbocycles. The Labute approximate surface area is 111 Å². The van der Waals surface area contributed by atoms with E-state index in [0.29, 0.717) is 19.0 Å². The van der Waals surface area contributed by atoms with Crippen molar-refractivity contribution in [3.63, 3.8) is 0 Å². The quantitative estimate of drug-likeness (QED) is 0.871. The summed E-state index contributed by atoms with van der Waals surface area (Å²) in [6.45, 7) is 4.87. The van der Waals surface area contributed by atoms with Crippen molar-refractivity contribution in [2.24, 2.45) is 5.73 Å². The molecule has 1 amide bonds. The molecule has 2 N–H and O–H groups in total. The molecule has 0 aromatic carbocycles. The van der Waals surface area contributed by atoms with E-state index in [9.17, 15) is 4.79 Å². The SMILES string of the molecule is Cc1cc(C)nc(OCCn2ccc(C(N)=O)n2)c1. The molecule has 0 aliphatic carbocycles. The maximum Gasteiger partial charge on any atom is 0.269 e. The molecular formula is C13H16N4O2. The average molecular weight is 260 g/mol. The van der Waals surface area contributed by atoms with Crippen molar-refractivity contribution in [1.82, 2.24) is 14.8 Å². The summed E-state index contributed by atoms with van der Waals surface area (Å²) in [6, 6.07) is 5.45. The summed E-state index contributed by atoms with van der Waals surface area (Å²) >= 11 is 0. The van der Waals surface area contributed by atoms with Gasteiger partial charge in [-0.3, -0.25) is 9.48 Å². The highest BCUT2D eigenvalue weighted by molar-refractivity contribution is 5.90. The smallest absolute Gasteiger partial charge is 0.269 e.